The number of carbonyl (C=O) groups is 1. The van der Waals surface area contributed by atoms with Crippen molar-refractivity contribution in [3.63, 3.8) is 0 Å². The largest absolute Gasteiger partial charge is 0.493 e. The molecule has 1 spiro atoms. The van der Waals surface area contributed by atoms with Gasteiger partial charge in [-0.3, -0.25) is 24.7 Å². The smallest absolute Gasteiger partial charge is 0.293 e. The van der Waals surface area contributed by atoms with Crippen molar-refractivity contribution in [3.05, 3.63) is 135 Å². The third kappa shape index (κ3) is 11.6. The lowest BCUT2D eigenvalue weighted by Crippen LogP contribution is -2.60. The number of amides is 1. The van der Waals surface area contributed by atoms with E-state index in [0.717, 1.165) is 112 Å². The van der Waals surface area contributed by atoms with Gasteiger partial charge in [-0.2, -0.15) is 0 Å². The van der Waals surface area contributed by atoms with Gasteiger partial charge in [-0.05, 0) is 147 Å². The number of sulfonamides is 1. The van der Waals surface area contributed by atoms with Crippen molar-refractivity contribution < 1.29 is 37.5 Å². The number of aliphatic hydroxyl groups is 1. The Morgan fingerprint density at radius 3 is 2.43 bits per heavy atom. The van der Waals surface area contributed by atoms with E-state index in [1.807, 2.05) is 19.1 Å². The molecule has 77 heavy (non-hydrogen) atoms. The summed E-state index contributed by atoms with van der Waals surface area (Å²) in [6.45, 7) is 14.2. The van der Waals surface area contributed by atoms with Gasteiger partial charge in [0.25, 0.3) is 21.6 Å². The number of hydrogen-bond acceptors (Lipinski definition) is 14. The molecule has 4 fully saturated rings. The second-order valence-electron chi connectivity index (χ2n) is 22.5. The summed E-state index contributed by atoms with van der Waals surface area (Å²) in [6, 6.07) is 26.4. The number of nitro groups is 1. The highest BCUT2D eigenvalue weighted by Gasteiger charge is 2.50. The number of benzene rings is 4. The van der Waals surface area contributed by atoms with Crippen molar-refractivity contribution in [2.24, 2.45) is 11.3 Å². The molecule has 4 aromatic carbocycles. The Morgan fingerprint density at radius 2 is 1.70 bits per heavy atom. The van der Waals surface area contributed by atoms with E-state index in [0.29, 0.717) is 42.7 Å². The summed E-state index contributed by atoms with van der Waals surface area (Å²) in [4.78, 5) is 40.6. The Hall–Kier alpha value is -6.73. The molecule has 1 unspecified atom stereocenters. The molecule has 0 bridgehead atoms. The highest BCUT2D eigenvalue weighted by atomic mass is 32.2. The first-order valence-electron chi connectivity index (χ1n) is 27.0. The second-order valence-corrected chi connectivity index (χ2v) is 24.2. The average Bonchev–Trinajstić information content (AvgIpc) is 3.90. The number of piperazine rings is 1. The zero-order valence-electron chi connectivity index (χ0n) is 45.0. The molecule has 17 nitrogen and oxygen atoms in total. The normalized spacial score (nSPS) is 21.2. The first-order valence-corrected chi connectivity index (χ1v) is 28.5. The van der Waals surface area contributed by atoms with Crippen LogP contribution in [0.1, 0.15) is 117 Å². The summed E-state index contributed by atoms with van der Waals surface area (Å²) < 4.78 is 47.7. The van der Waals surface area contributed by atoms with Crippen LogP contribution >= 0.6 is 0 Å². The van der Waals surface area contributed by atoms with Crippen LogP contribution in [0.3, 0.4) is 0 Å². The molecule has 1 atom stereocenters. The molecule has 0 radical (unpaired) electrons. The number of methoxy groups -OCH3 is 2. The fourth-order valence-corrected chi connectivity index (χ4v) is 13.5. The topological polar surface area (TPSA) is 205 Å². The van der Waals surface area contributed by atoms with E-state index < -0.39 is 37.0 Å². The molecule has 6 aromatic rings. The Morgan fingerprint density at radius 1 is 0.935 bits per heavy atom. The number of anilines is 2. The molecule has 4 heterocycles. The Kier molecular flexibility index (Phi) is 15.3. The van der Waals surface area contributed by atoms with E-state index in [1.165, 1.54) is 28.8 Å². The van der Waals surface area contributed by atoms with Crippen LogP contribution in [0.2, 0.25) is 0 Å². The Bertz CT molecular complexity index is 3240. The Balaban J connectivity index is 0.832. The van der Waals surface area contributed by atoms with Gasteiger partial charge < -0.3 is 34.5 Å². The highest BCUT2D eigenvalue weighted by molar-refractivity contribution is 7.90. The van der Waals surface area contributed by atoms with Crippen molar-refractivity contribution in [1.29, 1.82) is 0 Å². The van der Waals surface area contributed by atoms with E-state index >= 15 is 0 Å². The third-order valence-electron chi connectivity index (χ3n) is 16.9. The summed E-state index contributed by atoms with van der Waals surface area (Å²) in [6.07, 6.45) is 10.3. The van der Waals surface area contributed by atoms with Gasteiger partial charge >= 0.3 is 0 Å². The average molecular weight is 1070 g/mol. The van der Waals surface area contributed by atoms with E-state index in [4.69, 9.17) is 14.2 Å². The molecule has 2 saturated heterocycles. The molecule has 4 aliphatic rings. The van der Waals surface area contributed by atoms with Gasteiger partial charge in [0.05, 0.1) is 41.4 Å². The lowest BCUT2D eigenvalue weighted by Gasteiger charge is -2.58. The number of aromatic nitrogens is 2. The summed E-state index contributed by atoms with van der Waals surface area (Å²) in [5.74, 6) is 1.66. The molecule has 408 valence electrons. The number of nitro benzene ring substituents is 1. The van der Waals surface area contributed by atoms with Crippen LogP contribution in [0.15, 0.2) is 102 Å². The number of ether oxygens (including phenoxy) is 3. The van der Waals surface area contributed by atoms with Crippen LogP contribution in [-0.4, -0.2) is 109 Å². The van der Waals surface area contributed by atoms with Crippen molar-refractivity contribution in [1.82, 2.24) is 24.5 Å². The van der Waals surface area contributed by atoms with Crippen molar-refractivity contribution in [2.75, 3.05) is 63.7 Å². The summed E-state index contributed by atoms with van der Waals surface area (Å²) in [7, 11) is -1.22. The second kappa shape index (κ2) is 22.0. The van der Waals surface area contributed by atoms with Crippen LogP contribution in [-0.2, 0) is 16.6 Å². The molecule has 2 saturated carbocycles. The first kappa shape index (κ1) is 53.7. The van der Waals surface area contributed by atoms with E-state index in [-0.39, 0.29) is 34.4 Å². The number of H-pyrrole nitrogens is 1. The number of carbonyl (C=O) groups excluding carboxylic acids is 1. The van der Waals surface area contributed by atoms with E-state index in [2.05, 4.69) is 91.9 Å². The zero-order chi connectivity index (χ0) is 54.2. The Labute approximate surface area is 451 Å². The number of nitrogens with one attached hydrogen (secondary N) is 3. The number of pyridine rings is 1. The number of nitrogens with zero attached hydrogens (tertiary/aromatic N) is 5. The van der Waals surface area contributed by atoms with Crippen LogP contribution in [0.5, 0.6) is 23.0 Å². The fraction of sp³-hybridized carbons (Fsp3) is 0.458. The molecule has 18 heteroatoms. The summed E-state index contributed by atoms with van der Waals surface area (Å²) in [5.41, 5.74) is 5.78. The minimum absolute atomic E-state index is 0.0337. The minimum Gasteiger partial charge on any atom is -0.493 e. The van der Waals surface area contributed by atoms with Crippen molar-refractivity contribution in [2.45, 2.75) is 114 Å². The van der Waals surface area contributed by atoms with E-state index in [9.17, 15) is 28.4 Å². The van der Waals surface area contributed by atoms with Gasteiger partial charge in [0, 0.05) is 87.3 Å². The summed E-state index contributed by atoms with van der Waals surface area (Å²) >= 11 is 0. The molecule has 10 rings (SSSR count). The van der Waals surface area contributed by atoms with Crippen molar-refractivity contribution in [3.8, 4) is 23.0 Å². The number of aromatic amines is 1. The van der Waals surface area contributed by atoms with Crippen LogP contribution < -0.4 is 29.1 Å². The predicted molar refractivity (Wildman–Crippen MR) is 298 cm³/mol. The number of rotatable bonds is 17. The lowest BCUT2D eigenvalue weighted by atomic mass is 9.59. The molecular weight excluding hydrogens is 997 g/mol. The zero-order valence-corrected chi connectivity index (χ0v) is 45.8. The maximum absolute atomic E-state index is 14.1. The maximum atomic E-state index is 14.1. The van der Waals surface area contributed by atoms with Gasteiger partial charge in [0.2, 0.25) is 0 Å². The van der Waals surface area contributed by atoms with Gasteiger partial charge in [-0.15, -0.1) is 0 Å². The van der Waals surface area contributed by atoms with Gasteiger partial charge in [0.1, 0.15) is 22.8 Å². The van der Waals surface area contributed by atoms with Crippen LogP contribution in [0, 0.1) is 28.4 Å². The van der Waals surface area contributed by atoms with Crippen LogP contribution in [0.25, 0.3) is 11.0 Å². The van der Waals surface area contributed by atoms with Gasteiger partial charge in [-0.1, -0.05) is 44.2 Å². The number of aryl methyl sites for hydroxylation is 1. The maximum Gasteiger partial charge on any atom is 0.293 e. The van der Waals surface area contributed by atoms with Gasteiger partial charge in [0.15, 0.2) is 11.5 Å². The monoisotopic (exact) mass is 1070 g/mol. The minimum atomic E-state index is -4.60. The molecule has 2 aliphatic carbocycles. The fourth-order valence-electron chi connectivity index (χ4n) is 12.5. The molecule has 2 aromatic heterocycles. The SMILES string of the molecule is COc1cc(CN2CCN(C3CC4(CCN(c5ccc(C(=O)NS(=O)(=O)c6ccc(NCC7CCC(C)(O)CC7)c([N+](=O)[O-])c6)c(Oc6cnc7[nH]ccc7c6)c5)CC4)C3)C(c3ccccc3C(C)C)C2)cc(C)c1OC. The molecule has 4 N–H and O–H groups in total. The van der Waals surface area contributed by atoms with Gasteiger partial charge in [-0.25, -0.2) is 18.1 Å². The van der Waals surface area contributed by atoms with Crippen molar-refractivity contribution >= 4 is 44.0 Å². The third-order valence-corrected chi connectivity index (χ3v) is 18.2. The molecule has 2 aliphatic heterocycles. The van der Waals surface area contributed by atoms with Crippen LogP contribution in [0.4, 0.5) is 17.1 Å². The number of piperidine rings is 1. The quantitative estimate of drug-likeness (QED) is 0.0496. The number of fused-ring (bicyclic) bond motifs is 1. The first-order chi connectivity index (χ1) is 36.9. The highest BCUT2D eigenvalue weighted by Crippen LogP contribution is 2.53. The van der Waals surface area contributed by atoms with E-state index in [1.54, 1.807) is 44.8 Å². The lowest BCUT2D eigenvalue weighted by molar-refractivity contribution is -0.384. The standard InChI is InChI=1S/C59H72N8O9S/c1-38(2)47-9-7-8-10-48(47)52-37-64(36-41-27-39(3)55(75-6)54(28-41)74-5)25-26-66(52)44-32-59(33-44)20-23-65(24-21-59)43-11-13-49(53(30-43)76-45-29-42-17-22-60-56(42)62-35-45)57(68)63-77(72,73)46-12-14-50(51(31-46)67(70)71)61-34-40-15-18-58(4,69)19-16-40/h7-14,17,22,27-31,35,38,40,44,52,61,69H,15-16,18-21,23-26,32-34,36-37H2,1-6H3,(H,60,62)(H,63,68). The molecule has 1 amide bonds. The summed E-state index contributed by atoms with van der Waals surface area (Å²) in [5, 5.41) is 26.5. The molecular formula is C59H72N8O9S. The number of hydrogen-bond donors (Lipinski definition) is 4. The predicted octanol–water partition coefficient (Wildman–Crippen LogP) is 10.5.